The van der Waals surface area contributed by atoms with E-state index in [2.05, 4.69) is 0 Å². The number of Topliss-reactive ketones (excluding diaryl/α,β-unsaturated/α-hetero) is 2. The number of halogens is 4. The maximum atomic E-state index is 11.0. The molecule has 0 amide bonds. The lowest BCUT2D eigenvalue weighted by molar-refractivity contribution is -0.115. The second kappa shape index (κ2) is 3.38. The molecule has 64 valence electrons. The Morgan fingerprint density at radius 3 is 1.42 bits per heavy atom. The fourth-order valence-electron chi connectivity index (χ4n) is 0.694. The first-order valence-electron chi connectivity index (χ1n) is 2.66. The third-order valence-electron chi connectivity index (χ3n) is 1.23. The molecule has 0 aromatic heterocycles. The molecule has 12 heavy (non-hydrogen) atoms. The van der Waals surface area contributed by atoms with E-state index in [1.807, 2.05) is 0 Å². The van der Waals surface area contributed by atoms with Gasteiger partial charge in [0, 0.05) is 0 Å². The summed E-state index contributed by atoms with van der Waals surface area (Å²) in [6, 6.07) is 0. The third-order valence-corrected chi connectivity index (χ3v) is 2.43. The van der Waals surface area contributed by atoms with Crippen LogP contribution >= 0.6 is 46.4 Å². The van der Waals surface area contributed by atoms with E-state index in [4.69, 9.17) is 46.4 Å². The SMILES string of the molecule is O=C1C(Cl)=C(Cl)C(=O)C1=C(Cl)Cl. The van der Waals surface area contributed by atoms with Crippen molar-refractivity contribution in [2.24, 2.45) is 0 Å². The van der Waals surface area contributed by atoms with Crippen molar-refractivity contribution in [3.8, 4) is 0 Å². The number of allylic oxidation sites excluding steroid dienone is 3. The molecule has 1 aliphatic rings. The van der Waals surface area contributed by atoms with Crippen LogP contribution in [-0.2, 0) is 9.59 Å². The number of carbonyl (C=O) groups is 2. The quantitative estimate of drug-likeness (QED) is 0.486. The van der Waals surface area contributed by atoms with Crippen LogP contribution in [0.5, 0.6) is 0 Å². The van der Waals surface area contributed by atoms with Crippen LogP contribution in [0.25, 0.3) is 0 Å². The van der Waals surface area contributed by atoms with E-state index in [1.165, 1.54) is 0 Å². The Kier molecular flexibility index (Phi) is 2.84. The van der Waals surface area contributed by atoms with Crippen LogP contribution in [0.2, 0.25) is 0 Å². The van der Waals surface area contributed by atoms with Crippen LogP contribution in [0.1, 0.15) is 0 Å². The van der Waals surface area contributed by atoms with Gasteiger partial charge < -0.3 is 0 Å². The summed E-state index contributed by atoms with van der Waals surface area (Å²) < 4.78 is -0.418. The zero-order valence-electron chi connectivity index (χ0n) is 5.33. The fourth-order valence-corrected chi connectivity index (χ4v) is 1.40. The summed E-state index contributed by atoms with van der Waals surface area (Å²) in [5.74, 6) is -1.46. The molecular formula is C6Cl4O2. The molecular weight excluding hydrogens is 246 g/mol. The van der Waals surface area contributed by atoms with Gasteiger partial charge in [-0.05, 0) is 0 Å². The number of carbonyl (C=O) groups excluding carboxylic acids is 2. The van der Waals surface area contributed by atoms with E-state index in [0.717, 1.165) is 0 Å². The zero-order valence-corrected chi connectivity index (χ0v) is 8.35. The van der Waals surface area contributed by atoms with Crippen LogP contribution in [0.4, 0.5) is 0 Å². The fraction of sp³-hybridized carbons (Fsp3) is 0. The minimum Gasteiger partial charge on any atom is -0.287 e. The molecule has 0 aromatic carbocycles. The molecule has 6 heteroatoms. The van der Waals surface area contributed by atoms with E-state index < -0.39 is 16.1 Å². The molecule has 0 fully saturated rings. The molecule has 0 saturated carbocycles. The predicted molar refractivity (Wildman–Crippen MR) is 47.5 cm³/mol. The van der Waals surface area contributed by atoms with Crippen LogP contribution < -0.4 is 0 Å². The van der Waals surface area contributed by atoms with E-state index in [0.29, 0.717) is 0 Å². The van der Waals surface area contributed by atoms with Gasteiger partial charge in [0.2, 0.25) is 11.6 Å². The van der Waals surface area contributed by atoms with Crippen molar-refractivity contribution in [1.29, 1.82) is 0 Å². The number of rotatable bonds is 0. The van der Waals surface area contributed by atoms with E-state index in [-0.39, 0.29) is 15.6 Å². The lowest BCUT2D eigenvalue weighted by atomic mass is 10.2. The summed E-state index contributed by atoms with van der Waals surface area (Å²) in [6.07, 6.45) is 0. The summed E-state index contributed by atoms with van der Waals surface area (Å²) in [6.45, 7) is 0. The van der Waals surface area contributed by atoms with Gasteiger partial charge >= 0.3 is 0 Å². The van der Waals surface area contributed by atoms with Crippen molar-refractivity contribution >= 4 is 58.0 Å². The normalized spacial score (nSPS) is 17.8. The Hall–Kier alpha value is -0.0200. The molecule has 0 bridgehead atoms. The lowest BCUT2D eigenvalue weighted by Gasteiger charge is -1.91. The second-order valence-electron chi connectivity index (χ2n) is 1.92. The number of hydrogen-bond donors (Lipinski definition) is 0. The first kappa shape index (κ1) is 10.1. The summed E-state index contributed by atoms with van der Waals surface area (Å²) >= 11 is 21.3. The predicted octanol–water partition coefficient (Wildman–Crippen LogP) is 2.52. The van der Waals surface area contributed by atoms with Gasteiger partial charge in [-0.25, -0.2) is 0 Å². The van der Waals surface area contributed by atoms with Gasteiger partial charge in [-0.15, -0.1) is 0 Å². The Labute approximate surface area is 87.7 Å². The van der Waals surface area contributed by atoms with Crippen molar-refractivity contribution in [3.05, 3.63) is 20.1 Å². The zero-order chi connectivity index (χ0) is 9.46. The van der Waals surface area contributed by atoms with Gasteiger partial charge in [-0.3, -0.25) is 9.59 Å². The molecule has 0 spiro atoms. The molecule has 2 nitrogen and oxygen atoms in total. The molecule has 0 aliphatic heterocycles. The smallest absolute Gasteiger partial charge is 0.212 e. The van der Waals surface area contributed by atoms with Crippen LogP contribution in [0.3, 0.4) is 0 Å². The van der Waals surface area contributed by atoms with Gasteiger partial charge in [-0.2, -0.15) is 0 Å². The van der Waals surface area contributed by atoms with Gasteiger partial charge in [-0.1, -0.05) is 46.4 Å². The van der Waals surface area contributed by atoms with E-state index in [9.17, 15) is 9.59 Å². The van der Waals surface area contributed by atoms with Gasteiger partial charge in [0.15, 0.2) is 0 Å². The summed E-state index contributed by atoms with van der Waals surface area (Å²) in [5, 5.41) is -0.675. The van der Waals surface area contributed by atoms with Gasteiger partial charge in [0.25, 0.3) is 0 Å². The summed E-state index contributed by atoms with van der Waals surface area (Å²) in [7, 11) is 0. The maximum absolute atomic E-state index is 11.0. The lowest BCUT2D eigenvalue weighted by Crippen LogP contribution is -2.03. The van der Waals surface area contributed by atoms with Crippen molar-refractivity contribution in [1.82, 2.24) is 0 Å². The molecule has 0 aromatic rings. The molecule has 0 N–H and O–H groups in total. The van der Waals surface area contributed by atoms with Crippen LogP contribution in [-0.4, -0.2) is 11.6 Å². The first-order valence-corrected chi connectivity index (χ1v) is 4.18. The maximum Gasteiger partial charge on any atom is 0.212 e. The van der Waals surface area contributed by atoms with Crippen molar-refractivity contribution in [3.63, 3.8) is 0 Å². The Morgan fingerprint density at radius 2 is 1.25 bits per heavy atom. The highest BCUT2D eigenvalue weighted by molar-refractivity contribution is 6.69. The minimum absolute atomic E-state index is 0.338. The Balaban J connectivity index is 3.32. The molecule has 0 heterocycles. The van der Waals surface area contributed by atoms with Crippen LogP contribution in [0, 0.1) is 0 Å². The topological polar surface area (TPSA) is 34.1 Å². The van der Waals surface area contributed by atoms with Gasteiger partial charge in [0.1, 0.15) is 20.1 Å². The van der Waals surface area contributed by atoms with Crippen LogP contribution in [0.15, 0.2) is 20.1 Å². The van der Waals surface area contributed by atoms with E-state index in [1.54, 1.807) is 0 Å². The first-order chi connectivity index (χ1) is 5.46. The Bertz CT molecular complexity index is 309. The van der Waals surface area contributed by atoms with Crippen molar-refractivity contribution < 1.29 is 9.59 Å². The third kappa shape index (κ3) is 1.40. The van der Waals surface area contributed by atoms with Crippen molar-refractivity contribution in [2.45, 2.75) is 0 Å². The largest absolute Gasteiger partial charge is 0.287 e. The molecule has 1 aliphatic carbocycles. The Morgan fingerprint density at radius 1 is 0.917 bits per heavy atom. The average molecular weight is 246 g/mol. The highest BCUT2D eigenvalue weighted by Crippen LogP contribution is 2.33. The molecule has 0 saturated heterocycles. The standard InChI is InChI=1S/C6Cl4O2/c7-2-3(8)5(12)1(4(2)11)6(9)10. The number of hydrogen-bond acceptors (Lipinski definition) is 2. The molecule has 0 radical (unpaired) electrons. The number of ketones is 2. The highest BCUT2D eigenvalue weighted by atomic mass is 35.5. The summed E-state index contributed by atoms with van der Waals surface area (Å²) in [5.41, 5.74) is -0.367. The van der Waals surface area contributed by atoms with Gasteiger partial charge in [0.05, 0.1) is 0 Å². The average Bonchev–Trinajstić information content (AvgIpc) is 2.16. The highest BCUT2D eigenvalue weighted by Gasteiger charge is 2.36. The molecule has 1 rings (SSSR count). The summed E-state index contributed by atoms with van der Waals surface area (Å²) in [4.78, 5) is 22.1. The molecule has 0 atom stereocenters. The minimum atomic E-state index is -0.730. The van der Waals surface area contributed by atoms with E-state index >= 15 is 0 Å². The monoisotopic (exact) mass is 244 g/mol. The second-order valence-corrected chi connectivity index (χ2v) is 3.63. The van der Waals surface area contributed by atoms with Crippen molar-refractivity contribution in [2.75, 3.05) is 0 Å². The molecule has 0 unspecified atom stereocenters.